The first-order valence-electron chi connectivity index (χ1n) is 9.04. The lowest BCUT2D eigenvalue weighted by atomic mass is 10.2. The van der Waals surface area contributed by atoms with Crippen LogP contribution in [0.15, 0.2) is 48.7 Å². The molecule has 1 N–H and O–H groups in total. The number of nitrogens with one attached hydrogen (secondary N) is 1. The number of carbonyl (C=O) groups is 2. The molecule has 0 saturated heterocycles. The molecule has 6 heteroatoms. The minimum absolute atomic E-state index is 0.219. The number of benzene rings is 1. The van der Waals surface area contributed by atoms with Crippen LogP contribution < -0.4 is 10.2 Å². The molecule has 1 aromatic carbocycles. The normalized spacial score (nSPS) is 10.6. The van der Waals surface area contributed by atoms with E-state index in [0.29, 0.717) is 17.9 Å². The number of aromatic nitrogens is 1. The molecule has 27 heavy (non-hydrogen) atoms. The fourth-order valence-corrected chi connectivity index (χ4v) is 2.49. The van der Waals surface area contributed by atoms with Gasteiger partial charge in [-0.15, -0.1) is 0 Å². The number of hydrogen-bond donors (Lipinski definition) is 1. The number of amides is 1. The van der Waals surface area contributed by atoms with Gasteiger partial charge in [0.2, 0.25) is 0 Å². The summed E-state index contributed by atoms with van der Waals surface area (Å²) in [5.74, 6) is 0.258. The third-order valence-corrected chi connectivity index (χ3v) is 3.96. The topological polar surface area (TPSA) is 71.5 Å². The predicted octanol–water partition coefficient (Wildman–Crippen LogP) is 3.76. The van der Waals surface area contributed by atoms with Crippen LogP contribution >= 0.6 is 0 Å². The summed E-state index contributed by atoms with van der Waals surface area (Å²) in [6.07, 6.45) is 4.62. The van der Waals surface area contributed by atoms with E-state index in [-0.39, 0.29) is 11.9 Å². The molecule has 0 aliphatic heterocycles. The first kappa shape index (κ1) is 20.2. The molecule has 0 aliphatic carbocycles. The summed E-state index contributed by atoms with van der Waals surface area (Å²) in [6, 6.07) is 10.8. The van der Waals surface area contributed by atoms with Crippen LogP contribution in [0.2, 0.25) is 0 Å². The largest absolute Gasteiger partial charge is 0.463 e. The zero-order valence-corrected chi connectivity index (χ0v) is 15.9. The molecule has 0 aliphatic rings. The number of hydrogen-bond acceptors (Lipinski definition) is 5. The maximum atomic E-state index is 12.4. The number of carbonyl (C=O) groups excluding carboxylic acids is 2. The Morgan fingerprint density at radius 2 is 1.78 bits per heavy atom. The molecular weight excluding hydrogens is 342 g/mol. The van der Waals surface area contributed by atoms with Crippen LogP contribution in [0, 0.1) is 0 Å². The molecule has 0 spiro atoms. The van der Waals surface area contributed by atoms with E-state index in [9.17, 15) is 9.59 Å². The highest BCUT2D eigenvalue weighted by Gasteiger charge is 2.09. The van der Waals surface area contributed by atoms with Crippen molar-refractivity contribution in [2.75, 3.05) is 29.9 Å². The first-order valence-corrected chi connectivity index (χ1v) is 9.04. The van der Waals surface area contributed by atoms with Crippen LogP contribution in [0.5, 0.6) is 0 Å². The Bertz CT molecular complexity index is 779. The second kappa shape index (κ2) is 10.1. The van der Waals surface area contributed by atoms with E-state index in [1.807, 2.05) is 18.2 Å². The van der Waals surface area contributed by atoms with Gasteiger partial charge in [-0.3, -0.25) is 4.79 Å². The number of esters is 1. The molecule has 2 aromatic rings. The number of pyridine rings is 1. The maximum absolute atomic E-state index is 12.4. The van der Waals surface area contributed by atoms with Crippen LogP contribution in [0.3, 0.4) is 0 Å². The van der Waals surface area contributed by atoms with Crippen molar-refractivity contribution in [3.63, 3.8) is 0 Å². The monoisotopic (exact) mass is 367 g/mol. The molecule has 142 valence electrons. The van der Waals surface area contributed by atoms with Crippen LogP contribution in [0.4, 0.5) is 11.5 Å². The maximum Gasteiger partial charge on any atom is 0.330 e. The lowest BCUT2D eigenvalue weighted by Crippen LogP contribution is -2.23. The Balaban J connectivity index is 1.98. The van der Waals surface area contributed by atoms with Crippen molar-refractivity contribution < 1.29 is 14.3 Å². The average Bonchev–Trinajstić information content (AvgIpc) is 2.69. The van der Waals surface area contributed by atoms with E-state index >= 15 is 0 Å². The molecule has 0 atom stereocenters. The fraction of sp³-hybridized carbons (Fsp3) is 0.286. The van der Waals surface area contributed by atoms with E-state index in [2.05, 4.69) is 29.0 Å². The van der Waals surface area contributed by atoms with Gasteiger partial charge in [0, 0.05) is 31.0 Å². The number of nitrogens with zero attached hydrogens (tertiary/aromatic N) is 2. The number of rotatable bonds is 8. The van der Waals surface area contributed by atoms with Crippen molar-refractivity contribution in [1.82, 2.24) is 4.98 Å². The summed E-state index contributed by atoms with van der Waals surface area (Å²) in [6.45, 7) is 7.97. The Kier molecular flexibility index (Phi) is 7.55. The van der Waals surface area contributed by atoms with Gasteiger partial charge in [-0.05, 0) is 56.7 Å². The zero-order chi connectivity index (χ0) is 19.6. The number of ether oxygens (including phenoxy) is 1. The lowest BCUT2D eigenvalue weighted by molar-refractivity contribution is -0.137. The van der Waals surface area contributed by atoms with Crippen molar-refractivity contribution in [3.05, 3.63) is 59.8 Å². The molecule has 6 nitrogen and oxygen atoms in total. The highest BCUT2D eigenvalue weighted by molar-refractivity contribution is 6.04. The summed E-state index contributed by atoms with van der Waals surface area (Å²) in [5, 5.41) is 2.84. The van der Waals surface area contributed by atoms with E-state index < -0.39 is 0 Å². The van der Waals surface area contributed by atoms with Crippen molar-refractivity contribution in [2.45, 2.75) is 20.8 Å². The van der Waals surface area contributed by atoms with Gasteiger partial charge < -0.3 is 15.0 Å². The second-order valence-electron chi connectivity index (χ2n) is 5.74. The van der Waals surface area contributed by atoms with Crippen molar-refractivity contribution in [1.29, 1.82) is 0 Å². The SMILES string of the molecule is CCOC(=O)/C=C/c1ccc(NC(=O)c2ccc(N(CC)CC)nc2)cc1. The minimum Gasteiger partial charge on any atom is -0.463 e. The summed E-state index contributed by atoms with van der Waals surface area (Å²) in [4.78, 5) is 30.2. The van der Waals surface area contributed by atoms with Crippen LogP contribution in [0.1, 0.15) is 36.7 Å². The Morgan fingerprint density at radius 1 is 1.07 bits per heavy atom. The minimum atomic E-state index is -0.379. The van der Waals surface area contributed by atoms with E-state index in [0.717, 1.165) is 24.5 Å². The first-order chi connectivity index (χ1) is 13.1. The average molecular weight is 367 g/mol. The molecule has 0 fully saturated rings. The molecule has 1 amide bonds. The summed E-state index contributed by atoms with van der Waals surface area (Å²) >= 11 is 0. The quantitative estimate of drug-likeness (QED) is 0.568. The zero-order valence-electron chi connectivity index (χ0n) is 15.9. The standard InChI is InChI=1S/C21H25N3O3/c1-4-24(5-2)19-13-10-17(15-22-19)21(26)23-18-11-7-16(8-12-18)9-14-20(25)27-6-3/h7-15H,4-6H2,1-3H3,(H,23,26)/b14-9+. The highest BCUT2D eigenvalue weighted by atomic mass is 16.5. The van der Waals surface area contributed by atoms with Crippen LogP contribution in [-0.2, 0) is 9.53 Å². The summed E-state index contributed by atoms with van der Waals surface area (Å²) in [5.41, 5.74) is 2.00. The summed E-state index contributed by atoms with van der Waals surface area (Å²) < 4.78 is 4.83. The van der Waals surface area contributed by atoms with Gasteiger partial charge in [0.05, 0.1) is 12.2 Å². The molecular formula is C21H25N3O3. The van der Waals surface area contributed by atoms with Gasteiger partial charge in [-0.25, -0.2) is 9.78 Å². The van der Waals surface area contributed by atoms with Gasteiger partial charge in [-0.1, -0.05) is 12.1 Å². The molecule has 2 rings (SSSR count). The Labute approximate surface area is 159 Å². The Morgan fingerprint density at radius 3 is 2.33 bits per heavy atom. The Hall–Kier alpha value is -3.15. The van der Waals surface area contributed by atoms with Crippen LogP contribution in [0.25, 0.3) is 6.08 Å². The molecule has 1 heterocycles. The number of anilines is 2. The van der Waals surface area contributed by atoms with Gasteiger partial charge in [-0.2, -0.15) is 0 Å². The molecule has 0 bridgehead atoms. The van der Waals surface area contributed by atoms with Gasteiger partial charge in [0.25, 0.3) is 5.91 Å². The second-order valence-corrected chi connectivity index (χ2v) is 5.74. The van der Waals surface area contributed by atoms with Crippen molar-refractivity contribution in [2.24, 2.45) is 0 Å². The van der Waals surface area contributed by atoms with E-state index in [1.54, 1.807) is 37.4 Å². The molecule has 1 aromatic heterocycles. The summed E-state index contributed by atoms with van der Waals surface area (Å²) in [7, 11) is 0. The smallest absolute Gasteiger partial charge is 0.330 e. The van der Waals surface area contributed by atoms with Gasteiger partial charge in [0.15, 0.2) is 0 Å². The van der Waals surface area contributed by atoms with Crippen LogP contribution in [-0.4, -0.2) is 36.6 Å². The van der Waals surface area contributed by atoms with E-state index in [1.165, 1.54) is 6.08 Å². The lowest BCUT2D eigenvalue weighted by Gasteiger charge is -2.19. The highest BCUT2D eigenvalue weighted by Crippen LogP contribution is 2.14. The van der Waals surface area contributed by atoms with E-state index in [4.69, 9.17) is 4.74 Å². The molecule has 0 unspecified atom stereocenters. The molecule has 0 radical (unpaired) electrons. The van der Waals surface area contributed by atoms with Crippen molar-refractivity contribution in [3.8, 4) is 0 Å². The third-order valence-electron chi connectivity index (χ3n) is 3.96. The van der Waals surface area contributed by atoms with Gasteiger partial charge >= 0.3 is 5.97 Å². The fourth-order valence-electron chi connectivity index (χ4n) is 2.49. The third kappa shape index (κ3) is 5.95. The predicted molar refractivity (Wildman–Crippen MR) is 108 cm³/mol. The van der Waals surface area contributed by atoms with Crippen molar-refractivity contribution >= 4 is 29.5 Å². The van der Waals surface area contributed by atoms with Gasteiger partial charge in [0.1, 0.15) is 5.82 Å². The molecule has 0 saturated carbocycles.